The lowest BCUT2D eigenvalue weighted by Gasteiger charge is -1.96. The molecule has 0 radical (unpaired) electrons. The normalized spacial score (nSPS) is 12.7. The average Bonchev–Trinajstić information content (AvgIpc) is 3.19. The van der Waals surface area contributed by atoms with Gasteiger partial charge in [-0.05, 0) is 35.8 Å². The Morgan fingerprint density at radius 2 is 2.04 bits per heavy atom. The Morgan fingerprint density at radius 1 is 1.26 bits per heavy atom. The number of ketones is 1. The van der Waals surface area contributed by atoms with Crippen LogP contribution in [0.1, 0.15) is 28.6 Å². The van der Waals surface area contributed by atoms with Gasteiger partial charge in [0.25, 0.3) is 5.56 Å². The summed E-state index contributed by atoms with van der Waals surface area (Å²) in [5, 5.41) is 0. The van der Waals surface area contributed by atoms with E-state index in [0.29, 0.717) is 9.20 Å². The number of nitrogens with one attached hydrogen (secondary N) is 1. The summed E-state index contributed by atoms with van der Waals surface area (Å²) in [6.45, 7) is 2.10. The number of H-pyrrole nitrogens is 1. The van der Waals surface area contributed by atoms with Crippen molar-refractivity contribution < 1.29 is 9.21 Å². The molecule has 2 heterocycles. The molecular formula is C18H15NO3S. The van der Waals surface area contributed by atoms with Crippen LogP contribution in [-0.4, -0.2) is 10.8 Å². The molecule has 0 aliphatic rings. The Hall–Kier alpha value is -2.66. The van der Waals surface area contributed by atoms with E-state index in [2.05, 4.69) is 11.9 Å². The van der Waals surface area contributed by atoms with E-state index in [1.165, 1.54) is 29.2 Å². The van der Waals surface area contributed by atoms with Gasteiger partial charge < -0.3 is 9.40 Å². The molecule has 0 atom stereocenters. The summed E-state index contributed by atoms with van der Waals surface area (Å²) in [5.74, 6) is -0.0220. The Balaban J connectivity index is 1.95. The standard InChI is InChI=1S/C18H15NO3S/c1-2-12-5-7-13(8-6-12)10-16-18(21)19-17(23-16)11-14(20)15-4-3-9-22-15/h3-11H,2H2,1H3,(H,19,21)/b16-10+,17-11-. The van der Waals surface area contributed by atoms with Crippen molar-refractivity contribution in [1.82, 2.24) is 4.98 Å². The van der Waals surface area contributed by atoms with Gasteiger partial charge in [-0.25, -0.2) is 0 Å². The Bertz CT molecular complexity index is 976. The summed E-state index contributed by atoms with van der Waals surface area (Å²) >= 11 is 1.25. The third-order valence-corrected chi connectivity index (χ3v) is 4.36. The molecule has 0 saturated heterocycles. The zero-order valence-corrected chi connectivity index (χ0v) is 13.4. The number of hydrogen-bond donors (Lipinski definition) is 1. The first-order valence-electron chi connectivity index (χ1n) is 7.25. The van der Waals surface area contributed by atoms with Crippen LogP contribution < -0.4 is 14.8 Å². The highest BCUT2D eigenvalue weighted by Gasteiger charge is 2.05. The van der Waals surface area contributed by atoms with Crippen LogP contribution in [0.15, 0.2) is 51.9 Å². The fourth-order valence-electron chi connectivity index (χ4n) is 2.13. The minimum absolute atomic E-state index is 0.201. The quantitative estimate of drug-likeness (QED) is 0.747. The smallest absolute Gasteiger partial charge is 0.266 e. The summed E-state index contributed by atoms with van der Waals surface area (Å²) in [6.07, 6.45) is 5.62. The number of aromatic nitrogens is 1. The van der Waals surface area contributed by atoms with Crippen LogP contribution in [0, 0.1) is 0 Å². The van der Waals surface area contributed by atoms with Crippen LogP contribution in [0.4, 0.5) is 0 Å². The Labute approximate surface area is 136 Å². The van der Waals surface area contributed by atoms with Gasteiger partial charge in [0.15, 0.2) is 5.76 Å². The topological polar surface area (TPSA) is 63.1 Å². The maximum Gasteiger partial charge on any atom is 0.266 e. The third-order valence-electron chi connectivity index (χ3n) is 3.39. The van der Waals surface area contributed by atoms with Gasteiger partial charge in [-0.3, -0.25) is 9.59 Å². The number of benzene rings is 1. The first-order chi connectivity index (χ1) is 11.2. The van der Waals surface area contributed by atoms with Crippen molar-refractivity contribution in [3.05, 3.63) is 79.1 Å². The number of rotatable bonds is 4. The maximum absolute atomic E-state index is 12.0. The van der Waals surface area contributed by atoms with Gasteiger partial charge in [0.05, 0.1) is 15.5 Å². The van der Waals surface area contributed by atoms with Crippen LogP contribution in [0.2, 0.25) is 0 Å². The molecule has 23 heavy (non-hydrogen) atoms. The van der Waals surface area contributed by atoms with Crippen molar-refractivity contribution in [3.8, 4) is 0 Å². The number of Topliss-reactive ketones (excluding diaryl/α,β-unsaturated/α-hetero) is 1. The van der Waals surface area contributed by atoms with Crippen molar-refractivity contribution in [1.29, 1.82) is 0 Å². The molecule has 0 aliphatic carbocycles. The van der Waals surface area contributed by atoms with E-state index in [9.17, 15) is 9.59 Å². The van der Waals surface area contributed by atoms with Crippen LogP contribution in [0.3, 0.4) is 0 Å². The number of hydrogen-bond acceptors (Lipinski definition) is 4. The van der Waals surface area contributed by atoms with Gasteiger partial charge in [-0.1, -0.05) is 31.2 Å². The highest BCUT2D eigenvalue weighted by Crippen LogP contribution is 2.05. The fourth-order valence-corrected chi connectivity index (χ4v) is 3.02. The van der Waals surface area contributed by atoms with Crippen LogP contribution in [0.25, 0.3) is 12.2 Å². The maximum atomic E-state index is 12.0. The summed E-state index contributed by atoms with van der Waals surface area (Å²) in [5.41, 5.74) is 2.01. The van der Waals surface area contributed by atoms with Gasteiger partial charge in [-0.2, -0.15) is 0 Å². The molecule has 3 rings (SSSR count). The number of carbonyl (C=O) groups excluding carboxylic acids is 1. The van der Waals surface area contributed by atoms with Crippen LogP contribution >= 0.6 is 11.3 Å². The van der Waals surface area contributed by atoms with Crippen molar-refractivity contribution in [2.45, 2.75) is 13.3 Å². The average molecular weight is 325 g/mol. The molecule has 0 unspecified atom stereocenters. The predicted octanol–water partition coefficient (Wildman–Crippen LogP) is 2.08. The molecule has 0 bridgehead atoms. The van der Waals surface area contributed by atoms with Gasteiger partial charge in [0.1, 0.15) is 0 Å². The molecular weight excluding hydrogens is 310 g/mol. The highest BCUT2D eigenvalue weighted by molar-refractivity contribution is 7.07. The molecule has 2 aromatic heterocycles. The zero-order chi connectivity index (χ0) is 16.2. The zero-order valence-electron chi connectivity index (χ0n) is 12.5. The van der Waals surface area contributed by atoms with Gasteiger partial charge in [-0.15, -0.1) is 11.3 Å². The minimum Gasteiger partial charge on any atom is -0.461 e. The van der Waals surface area contributed by atoms with E-state index in [1.807, 2.05) is 30.3 Å². The first-order valence-corrected chi connectivity index (χ1v) is 8.06. The van der Waals surface area contributed by atoms with E-state index in [0.717, 1.165) is 12.0 Å². The SMILES string of the molecule is CCc1ccc(/C=c2/s/c(=C\C(=O)c3ccco3)[nH]c2=O)cc1. The molecule has 4 nitrogen and oxygen atoms in total. The van der Waals surface area contributed by atoms with Gasteiger partial charge >= 0.3 is 0 Å². The summed E-state index contributed by atoms with van der Waals surface area (Å²) in [6, 6.07) is 11.3. The van der Waals surface area contributed by atoms with E-state index >= 15 is 0 Å². The van der Waals surface area contributed by atoms with Gasteiger partial charge in [0.2, 0.25) is 5.78 Å². The highest BCUT2D eigenvalue weighted by atomic mass is 32.1. The van der Waals surface area contributed by atoms with Gasteiger partial charge in [0, 0.05) is 6.08 Å². The van der Waals surface area contributed by atoms with Crippen molar-refractivity contribution in [3.63, 3.8) is 0 Å². The Morgan fingerprint density at radius 3 is 2.70 bits per heavy atom. The molecule has 116 valence electrons. The lowest BCUT2D eigenvalue weighted by atomic mass is 10.1. The third kappa shape index (κ3) is 3.57. The summed E-state index contributed by atoms with van der Waals surface area (Å²) in [7, 11) is 0. The summed E-state index contributed by atoms with van der Waals surface area (Å²) in [4.78, 5) is 26.6. The fraction of sp³-hybridized carbons (Fsp3) is 0.111. The number of carbonyl (C=O) groups is 1. The van der Waals surface area contributed by atoms with Crippen LogP contribution in [-0.2, 0) is 6.42 Å². The number of thiazole rings is 1. The van der Waals surface area contributed by atoms with Crippen molar-refractivity contribution in [2.75, 3.05) is 0 Å². The molecule has 3 aromatic rings. The molecule has 5 heteroatoms. The largest absolute Gasteiger partial charge is 0.461 e. The second-order valence-corrected chi connectivity index (χ2v) is 6.09. The van der Waals surface area contributed by atoms with E-state index in [4.69, 9.17) is 4.42 Å². The number of furan rings is 1. The number of aromatic amines is 1. The van der Waals surface area contributed by atoms with Crippen molar-refractivity contribution in [2.24, 2.45) is 0 Å². The second-order valence-electron chi connectivity index (χ2n) is 5.01. The predicted molar refractivity (Wildman–Crippen MR) is 91.1 cm³/mol. The molecule has 0 fully saturated rings. The summed E-state index contributed by atoms with van der Waals surface area (Å²) < 4.78 is 6.12. The lowest BCUT2D eigenvalue weighted by molar-refractivity contribution is 0.103. The Kier molecular flexibility index (Phi) is 4.39. The van der Waals surface area contributed by atoms with E-state index in [1.54, 1.807) is 12.1 Å². The molecule has 0 saturated carbocycles. The number of aryl methyl sites for hydroxylation is 1. The monoisotopic (exact) mass is 325 g/mol. The molecule has 0 aliphatic heterocycles. The van der Waals surface area contributed by atoms with E-state index in [-0.39, 0.29) is 17.1 Å². The van der Waals surface area contributed by atoms with Crippen LogP contribution in [0.5, 0.6) is 0 Å². The van der Waals surface area contributed by atoms with E-state index < -0.39 is 0 Å². The molecule has 0 amide bonds. The minimum atomic E-state index is -0.272. The second kappa shape index (κ2) is 6.62. The molecule has 1 aromatic carbocycles. The van der Waals surface area contributed by atoms with Crippen molar-refractivity contribution >= 4 is 29.3 Å². The lowest BCUT2D eigenvalue weighted by Crippen LogP contribution is -2.19. The molecule has 0 spiro atoms. The first kappa shape index (κ1) is 15.2. The molecule has 1 N–H and O–H groups in total.